The molecule has 0 spiro atoms. The molecule has 0 aromatic carbocycles. The van der Waals surface area contributed by atoms with Crippen LogP contribution in [0, 0.1) is 22.7 Å². The summed E-state index contributed by atoms with van der Waals surface area (Å²) in [6.07, 6.45) is 4.88. The Kier molecular flexibility index (Phi) is 5.87. The molecule has 4 rings (SSSR count). The van der Waals surface area contributed by atoms with Gasteiger partial charge in [0, 0.05) is 24.0 Å². The first kappa shape index (κ1) is 20.6. The molecule has 1 fully saturated rings. The number of furan rings is 1. The van der Waals surface area contributed by atoms with Crippen molar-refractivity contribution in [2.75, 3.05) is 31.2 Å². The second-order valence-electron chi connectivity index (χ2n) is 8.76. The van der Waals surface area contributed by atoms with E-state index in [0.717, 1.165) is 53.3 Å². The minimum absolute atomic E-state index is 0.286. The van der Waals surface area contributed by atoms with Crippen molar-refractivity contribution >= 4 is 44.4 Å². The van der Waals surface area contributed by atoms with Crippen molar-refractivity contribution in [2.45, 2.75) is 40.0 Å². The van der Waals surface area contributed by atoms with E-state index in [0.29, 0.717) is 24.9 Å². The summed E-state index contributed by atoms with van der Waals surface area (Å²) in [5.41, 5.74) is 2.24. The van der Waals surface area contributed by atoms with Crippen LogP contribution in [0.5, 0.6) is 0 Å². The normalized spacial score (nSPS) is 20.1. The number of morpholine rings is 1. The molecule has 2 aliphatic rings. The predicted molar refractivity (Wildman–Crippen MR) is 121 cm³/mol. The van der Waals surface area contributed by atoms with Gasteiger partial charge in [-0.2, -0.15) is 5.26 Å². The lowest BCUT2D eigenvalue weighted by Gasteiger charge is -2.33. The van der Waals surface area contributed by atoms with Gasteiger partial charge in [-0.3, -0.25) is 0 Å². The molecule has 0 radical (unpaired) electrons. The van der Waals surface area contributed by atoms with Gasteiger partial charge in [0.1, 0.15) is 16.8 Å². The quantitative estimate of drug-likeness (QED) is 0.532. The number of anilines is 1. The number of nitrogens with zero attached hydrogens (tertiary/aromatic N) is 3. The molecule has 0 N–H and O–H groups in total. The van der Waals surface area contributed by atoms with Gasteiger partial charge in [-0.25, -0.2) is 4.99 Å². The second kappa shape index (κ2) is 8.25. The van der Waals surface area contributed by atoms with E-state index in [1.807, 2.05) is 6.07 Å². The van der Waals surface area contributed by atoms with Gasteiger partial charge in [0.2, 0.25) is 5.88 Å². The number of ether oxygens (including phenoxy) is 1. The number of rotatable bonds is 3. The molecule has 3 heterocycles. The van der Waals surface area contributed by atoms with Crippen molar-refractivity contribution < 1.29 is 9.15 Å². The van der Waals surface area contributed by atoms with Gasteiger partial charge in [-0.15, -0.1) is 11.3 Å². The highest BCUT2D eigenvalue weighted by atomic mass is 79.9. The molecule has 1 saturated heterocycles. The van der Waals surface area contributed by atoms with E-state index in [4.69, 9.17) is 9.15 Å². The van der Waals surface area contributed by atoms with Crippen LogP contribution in [0.4, 0.5) is 10.9 Å². The molecular formula is C22H26BrN3O2S. The molecule has 154 valence electrons. The van der Waals surface area contributed by atoms with Crippen LogP contribution in [-0.4, -0.2) is 32.5 Å². The Morgan fingerprint density at radius 3 is 2.79 bits per heavy atom. The number of aliphatic imine (C=N–C) groups is 1. The summed E-state index contributed by atoms with van der Waals surface area (Å²) < 4.78 is 12.3. The summed E-state index contributed by atoms with van der Waals surface area (Å²) in [6, 6.07) is 4.33. The number of hydrogen-bond donors (Lipinski definition) is 0. The zero-order chi connectivity index (χ0) is 20.6. The van der Waals surface area contributed by atoms with Gasteiger partial charge in [0.05, 0.1) is 29.5 Å². The number of thiophene rings is 1. The van der Waals surface area contributed by atoms with E-state index in [9.17, 15) is 5.26 Å². The Hall–Kier alpha value is -1.62. The summed E-state index contributed by atoms with van der Waals surface area (Å²) >= 11 is 5.25. The zero-order valence-electron chi connectivity index (χ0n) is 17.1. The van der Waals surface area contributed by atoms with E-state index in [1.54, 1.807) is 17.6 Å². The van der Waals surface area contributed by atoms with Crippen LogP contribution in [0.1, 0.15) is 49.0 Å². The molecule has 0 unspecified atom stereocenters. The Bertz CT molecular complexity index is 958. The van der Waals surface area contributed by atoms with Crippen LogP contribution >= 0.6 is 27.3 Å². The smallest absolute Gasteiger partial charge is 0.210 e. The minimum Gasteiger partial charge on any atom is -0.438 e. The van der Waals surface area contributed by atoms with Crippen molar-refractivity contribution in [1.82, 2.24) is 0 Å². The maximum Gasteiger partial charge on any atom is 0.210 e. The maximum absolute atomic E-state index is 9.74. The van der Waals surface area contributed by atoms with Crippen LogP contribution in [0.15, 0.2) is 19.9 Å². The highest BCUT2D eigenvalue weighted by Crippen LogP contribution is 2.45. The Labute approximate surface area is 184 Å². The number of hydrogen-bond acceptors (Lipinski definition) is 6. The molecule has 0 saturated carbocycles. The maximum atomic E-state index is 9.74. The Morgan fingerprint density at radius 1 is 1.34 bits per heavy atom. The van der Waals surface area contributed by atoms with Crippen LogP contribution in [0.2, 0.25) is 0 Å². The first-order chi connectivity index (χ1) is 13.9. The van der Waals surface area contributed by atoms with Crippen molar-refractivity contribution in [2.24, 2.45) is 16.3 Å². The molecular weight excluding hydrogens is 450 g/mol. The van der Waals surface area contributed by atoms with Crippen LogP contribution in [0.25, 0.3) is 0 Å². The van der Waals surface area contributed by atoms with Crippen LogP contribution in [0.3, 0.4) is 0 Å². The molecule has 1 atom stereocenters. The van der Waals surface area contributed by atoms with Gasteiger partial charge >= 0.3 is 0 Å². The molecule has 29 heavy (non-hydrogen) atoms. The summed E-state index contributed by atoms with van der Waals surface area (Å²) in [5.74, 6) is 2.14. The minimum atomic E-state index is 0.286. The van der Waals surface area contributed by atoms with Crippen LogP contribution in [-0.2, 0) is 17.6 Å². The molecule has 0 bridgehead atoms. The fraction of sp³-hybridized carbons (Fsp3) is 0.545. The molecule has 0 amide bonds. The lowest BCUT2D eigenvalue weighted by atomic mass is 9.72. The fourth-order valence-electron chi connectivity index (χ4n) is 4.06. The number of fused-ring (bicyclic) bond motifs is 1. The largest absolute Gasteiger partial charge is 0.438 e. The van der Waals surface area contributed by atoms with Crippen LogP contribution < -0.4 is 4.90 Å². The molecule has 5 nitrogen and oxygen atoms in total. The van der Waals surface area contributed by atoms with Gasteiger partial charge in [0.25, 0.3) is 0 Å². The number of nitriles is 1. The predicted octanol–water partition coefficient (Wildman–Crippen LogP) is 5.71. The Morgan fingerprint density at radius 2 is 2.10 bits per heavy atom. The van der Waals surface area contributed by atoms with Crippen molar-refractivity contribution in [3.8, 4) is 6.07 Å². The molecule has 1 aliphatic heterocycles. The lowest BCUT2D eigenvalue weighted by Crippen LogP contribution is -2.36. The summed E-state index contributed by atoms with van der Waals surface area (Å²) in [7, 11) is 0. The number of halogens is 1. The summed E-state index contributed by atoms with van der Waals surface area (Å²) in [5, 5.41) is 10.5. The third-order valence-electron chi connectivity index (χ3n) is 5.88. The van der Waals surface area contributed by atoms with E-state index in [-0.39, 0.29) is 5.41 Å². The lowest BCUT2D eigenvalue weighted by molar-refractivity contribution is 0.120. The monoisotopic (exact) mass is 475 g/mol. The third-order valence-corrected chi connectivity index (χ3v) is 7.61. The van der Waals surface area contributed by atoms with E-state index in [1.165, 1.54) is 10.4 Å². The average molecular weight is 476 g/mol. The van der Waals surface area contributed by atoms with Crippen molar-refractivity contribution in [3.63, 3.8) is 0 Å². The van der Waals surface area contributed by atoms with Crippen molar-refractivity contribution in [1.29, 1.82) is 5.26 Å². The molecule has 2 aromatic rings. The average Bonchev–Trinajstić information content (AvgIpc) is 3.25. The van der Waals surface area contributed by atoms with Crippen molar-refractivity contribution in [3.05, 3.63) is 32.3 Å². The van der Waals surface area contributed by atoms with Gasteiger partial charge in [0.15, 0.2) is 0 Å². The van der Waals surface area contributed by atoms with Gasteiger partial charge < -0.3 is 14.1 Å². The molecule has 2 aromatic heterocycles. The molecule has 7 heteroatoms. The van der Waals surface area contributed by atoms with E-state index >= 15 is 0 Å². The standard InChI is InChI=1S/C22H26BrN3O2S/c1-22(2,3)14-4-5-16-17(12-24)20(29-19(16)10-14)25-13-15-11-18(23)21(28-15)26-6-8-27-9-7-26/h11,13-14H,4-10H2,1-3H3/t14-/m1/s1. The Balaban J connectivity index is 1.57. The third kappa shape index (κ3) is 4.30. The molecule has 1 aliphatic carbocycles. The first-order valence-corrected chi connectivity index (χ1v) is 11.7. The van der Waals surface area contributed by atoms with Gasteiger partial charge in [-0.1, -0.05) is 20.8 Å². The van der Waals surface area contributed by atoms with E-state index < -0.39 is 0 Å². The summed E-state index contributed by atoms with van der Waals surface area (Å²) in [4.78, 5) is 8.15. The topological polar surface area (TPSA) is 61.8 Å². The highest BCUT2D eigenvalue weighted by Gasteiger charge is 2.32. The summed E-state index contributed by atoms with van der Waals surface area (Å²) in [6.45, 7) is 9.96. The van der Waals surface area contributed by atoms with Gasteiger partial charge in [-0.05, 0) is 52.1 Å². The zero-order valence-corrected chi connectivity index (χ0v) is 19.5. The second-order valence-corrected chi connectivity index (χ2v) is 10.7. The highest BCUT2D eigenvalue weighted by molar-refractivity contribution is 9.10. The fourth-order valence-corrected chi connectivity index (χ4v) is 5.84. The first-order valence-electron chi connectivity index (χ1n) is 10.1. The SMILES string of the molecule is CC(C)(C)[C@@H]1CCc2c(sc(N=Cc3cc(Br)c(N4CCOCC4)o3)c2C#N)C1. The van der Waals surface area contributed by atoms with E-state index in [2.05, 4.69) is 52.7 Å².